The largest absolute Gasteiger partial charge is 0.493 e. The summed E-state index contributed by atoms with van der Waals surface area (Å²) in [6.07, 6.45) is 0.758. The second-order valence-electron chi connectivity index (χ2n) is 3.11. The van der Waals surface area contributed by atoms with E-state index in [-0.39, 0.29) is 23.3 Å². The predicted octanol–water partition coefficient (Wildman–Crippen LogP) is 0.275. The molecule has 78 valence electrons. The number of hydrogen-bond donors (Lipinski definition) is 4. The van der Waals surface area contributed by atoms with E-state index >= 15 is 0 Å². The lowest BCUT2D eigenvalue weighted by molar-refractivity contribution is 0.437. The van der Waals surface area contributed by atoms with E-state index in [1.165, 1.54) is 0 Å². The van der Waals surface area contributed by atoms with Crippen LogP contribution in [-0.4, -0.2) is 15.1 Å². The Bertz CT molecular complexity index is 374. The van der Waals surface area contributed by atoms with Crippen molar-refractivity contribution in [2.45, 2.75) is 26.2 Å². The molecule has 0 aliphatic carbocycles. The molecule has 6 heteroatoms. The van der Waals surface area contributed by atoms with Crippen LogP contribution < -0.4 is 16.8 Å². The van der Waals surface area contributed by atoms with E-state index in [2.05, 4.69) is 15.4 Å². The first kappa shape index (κ1) is 10.5. The molecule has 0 saturated carbocycles. The second-order valence-corrected chi connectivity index (χ2v) is 3.11. The van der Waals surface area contributed by atoms with Gasteiger partial charge in [0, 0.05) is 0 Å². The smallest absolute Gasteiger partial charge is 0.259 e. The molecule has 1 unspecified atom stereocenters. The molecule has 0 amide bonds. The van der Waals surface area contributed by atoms with Crippen LogP contribution in [0, 0.1) is 0 Å². The van der Waals surface area contributed by atoms with Crippen LogP contribution >= 0.6 is 0 Å². The molecule has 1 aromatic rings. The van der Waals surface area contributed by atoms with Gasteiger partial charge in [-0.3, -0.25) is 15.2 Å². The molecule has 1 heterocycles. The number of nitrogens with zero attached hydrogens (tertiary/aromatic N) is 1. The van der Waals surface area contributed by atoms with Gasteiger partial charge in [-0.25, -0.2) is 5.84 Å². The number of anilines is 1. The van der Waals surface area contributed by atoms with E-state index in [9.17, 15) is 9.90 Å². The van der Waals surface area contributed by atoms with Gasteiger partial charge in [-0.2, -0.15) is 4.98 Å². The Hall–Kier alpha value is -1.56. The number of hydrogen-bond acceptors (Lipinski definition) is 5. The van der Waals surface area contributed by atoms with Gasteiger partial charge in [-0.1, -0.05) is 13.8 Å². The number of rotatable bonds is 3. The molecule has 0 bridgehead atoms. The van der Waals surface area contributed by atoms with Crippen LogP contribution in [0.2, 0.25) is 0 Å². The molecule has 0 aliphatic rings. The van der Waals surface area contributed by atoms with Crippen molar-refractivity contribution in [3.63, 3.8) is 0 Å². The molecule has 0 radical (unpaired) electrons. The molecule has 0 fully saturated rings. The summed E-state index contributed by atoms with van der Waals surface area (Å²) in [4.78, 5) is 17.6. The van der Waals surface area contributed by atoms with E-state index in [1.807, 2.05) is 13.8 Å². The molecule has 0 aliphatic heterocycles. The Kier molecular flexibility index (Phi) is 3.08. The van der Waals surface area contributed by atoms with E-state index in [4.69, 9.17) is 5.84 Å². The number of aromatic amines is 1. The standard InChI is InChI=1S/C8H14N4O2/c1-3-4(2)5-6(13)10-8(12-9)11-7(5)14/h4H,3,9H2,1-2H3,(H3,10,11,12,13,14). The second kappa shape index (κ2) is 4.10. The number of aromatic hydroxyl groups is 1. The highest BCUT2D eigenvalue weighted by atomic mass is 16.3. The highest BCUT2D eigenvalue weighted by Crippen LogP contribution is 2.22. The third kappa shape index (κ3) is 1.85. The Morgan fingerprint density at radius 3 is 2.79 bits per heavy atom. The minimum Gasteiger partial charge on any atom is -0.493 e. The Balaban J connectivity index is 3.25. The summed E-state index contributed by atoms with van der Waals surface area (Å²) in [6, 6.07) is 0. The first-order chi connectivity index (χ1) is 6.60. The summed E-state index contributed by atoms with van der Waals surface area (Å²) in [5.41, 5.74) is 2.10. The third-order valence-corrected chi connectivity index (χ3v) is 2.18. The summed E-state index contributed by atoms with van der Waals surface area (Å²) in [5.74, 6) is 4.81. The lowest BCUT2D eigenvalue weighted by atomic mass is 10.0. The van der Waals surface area contributed by atoms with E-state index in [0.717, 1.165) is 6.42 Å². The van der Waals surface area contributed by atoms with Crippen molar-refractivity contribution < 1.29 is 5.11 Å². The zero-order chi connectivity index (χ0) is 10.7. The molecule has 0 saturated heterocycles. The summed E-state index contributed by atoms with van der Waals surface area (Å²) < 4.78 is 0. The Labute approximate surface area is 81.1 Å². The highest BCUT2D eigenvalue weighted by Gasteiger charge is 2.15. The maximum atomic E-state index is 11.5. The van der Waals surface area contributed by atoms with Crippen molar-refractivity contribution in [1.29, 1.82) is 0 Å². The van der Waals surface area contributed by atoms with Crippen LogP contribution in [0.4, 0.5) is 5.95 Å². The minimum absolute atomic E-state index is 0.0296. The van der Waals surface area contributed by atoms with Crippen LogP contribution in [0.15, 0.2) is 4.79 Å². The monoisotopic (exact) mass is 198 g/mol. The molecular formula is C8H14N4O2. The predicted molar refractivity (Wildman–Crippen MR) is 53.0 cm³/mol. The molecule has 1 aromatic heterocycles. The van der Waals surface area contributed by atoms with Gasteiger partial charge >= 0.3 is 0 Å². The summed E-state index contributed by atoms with van der Waals surface area (Å²) >= 11 is 0. The number of nitrogen functional groups attached to an aromatic ring is 1. The summed E-state index contributed by atoms with van der Waals surface area (Å²) in [5, 5.41) is 9.48. The van der Waals surface area contributed by atoms with Crippen molar-refractivity contribution in [3.05, 3.63) is 15.9 Å². The molecule has 0 aromatic carbocycles. The number of aromatic nitrogens is 2. The number of nitrogens with two attached hydrogens (primary N) is 1. The molecule has 14 heavy (non-hydrogen) atoms. The van der Waals surface area contributed by atoms with E-state index in [0.29, 0.717) is 5.56 Å². The van der Waals surface area contributed by atoms with Crippen LogP contribution in [0.1, 0.15) is 31.7 Å². The van der Waals surface area contributed by atoms with Crippen LogP contribution in [0.5, 0.6) is 5.88 Å². The lowest BCUT2D eigenvalue weighted by Gasteiger charge is -2.09. The highest BCUT2D eigenvalue weighted by molar-refractivity contribution is 5.33. The van der Waals surface area contributed by atoms with Gasteiger partial charge in [-0.05, 0) is 12.3 Å². The van der Waals surface area contributed by atoms with Crippen molar-refractivity contribution in [2.75, 3.05) is 5.43 Å². The minimum atomic E-state index is -0.361. The maximum Gasteiger partial charge on any atom is 0.259 e. The van der Waals surface area contributed by atoms with Gasteiger partial charge in [0.25, 0.3) is 5.56 Å². The number of H-pyrrole nitrogens is 1. The van der Waals surface area contributed by atoms with Gasteiger partial charge in [0.05, 0.1) is 5.56 Å². The quantitative estimate of drug-likeness (QED) is 0.412. The average molecular weight is 198 g/mol. The average Bonchev–Trinajstić information content (AvgIpc) is 2.16. The van der Waals surface area contributed by atoms with Crippen LogP contribution in [0.3, 0.4) is 0 Å². The van der Waals surface area contributed by atoms with Crippen LogP contribution in [-0.2, 0) is 0 Å². The SMILES string of the molecule is CCC(C)c1c(O)nc(NN)[nH]c1=O. The van der Waals surface area contributed by atoms with Gasteiger partial charge in [0.2, 0.25) is 11.8 Å². The van der Waals surface area contributed by atoms with Gasteiger partial charge in [-0.15, -0.1) is 0 Å². The van der Waals surface area contributed by atoms with E-state index < -0.39 is 0 Å². The fourth-order valence-electron chi connectivity index (χ4n) is 1.19. The number of hydrazine groups is 1. The molecular weight excluding hydrogens is 184 g/mol. The Morgan fingerprint density at radius 1 is 1.71 bits per heavy atom. The number of nitrogens with one attached hydrogen (secondary N) is 2. The van der Waals surface area contributed by atoms with Crippen molar-refractivity contribution in [3.8, 4) is 5.88 Å². The fraction of sp³-hybridized carbons (Fsp3) is 0.500. The summed E-state index contributed by atoms with van der Waals surface area (Å²) in [6.45, 7) is 3.78. The molecule has 5 N–H and O–H groups in total. The zero-order valence-electron chi connectivity index (χ0n) is 8.16. The van der Waals surface area contributed by atoms with Crippen LogP contribution in [0.25, 0.3) is 0 Å². The molecule has 1 atom stereocenters. The maximum absolute atomic E-state index is 11.5. The van der Waals surface area contributed by atoms with E-state index in [1.54, 1.807) is 0 Å². The molecule has 1 rings (SSSR count). The van der Waals surface area contributed by atoms with Crippen molar-refractivity contribution in [2.24, 2.45) is 5.84 Å². The fourth-order valence-corrected chi connectivity index (χ4v) is 1.19. The normalized spacial score (nSPS) is 12.5. The Morgan fingerprint density at radius 2 is 2.36 bits per heavy atom. The zero-order valence-corrected chi connectivity index (χ0v) is 8.16. The summed E-state index contributed by atoms with van der Waals surface area (Å²) in [7, 11) is 0. The first-order valence-electron chi connectivity index (χ1n) is 4.40. The van der Waals surface area contributed by atoms with Crippen molar-refractivity contribution >= 4 is 5.95 Å². The lowest BCUT2D eigenvalue weighted by Crippen LogP contribution is -2.21. The van der Waals surface area contributed by atoms with Gasteiger partial charge in [0.15, 0.2) is 0 Å². The third-order valence-electron chi connectivity index (χ3n) is 2.18. The van der Waals surface area contributed by atoms with Gasteiger partial charge < -0.3 is 5.11 Å². The molecule has 6 nitrogen and oxygen atoms in total. The van der Waals surface area contributed by atoms with Crippen molar-refractivity contribution in [1.82, 2.24) is 9.97 Å². The topological polar surface area (TPSA) is 104 Å². The van der Waals surface area contributed by atoms with Gasteiger partial charge in [0.1, 0.15) is 0 Å². The first-order valence-corrected chi connectivity index (χ1v) is 4.40. The molecule has 0 spiro atoms.